The molecule has 0 saturated heterocycles. The van der Waals surface area contributed by atoms with E-state index in [1.807, 2.05) is 23.5 Å². The Kier molecular flexibility index (Phi) is 13.0. The van der Waals surface area contributed by atoms with E-state index in [2.05, 4.69) is 222 Å². The SMILES string of the molecule is Cc1ccccc1[S+](c1ccc(Sc2ccc([I+]c3ccc(Sc4ccc([S+](c5ccccc5C)c5ccccc5C)cc4)cc3)cc2)cc1)c1ccccc1C. The second-order valence-electron chi connectivity index (χ2n) is 13.8. The van der Waals surface area contributed by atoms with Gasteiger partial charge in [0.1, 0.15) is 0 Å². The second kappa shape index (κ2) is 18.6. The molecule has 0 bridgehead atoms. The maximum Gasteiger partial charge on any atom is 0.357 e. The number of benzene rings is 8. The van der Waals surface area contributed by atoms with Gasteiger partial charge in [0.2, 0.25) is 0 Å². The summed E-state index contributed by atoms with van der Waals surface area (Å²) in [6.07, 6.45) is 0. The first kappa shape index (κ1) is 39.7. The molecule has 0 fully saturated rings. The van der Waals surface area contributed by atoms with Crippen LogP contribution in [0.25, 0.3) is 0 Å². The van der Waals surface area contributed by atoms with Gasteiger partial charge in [-0.1, -0.05) is 96.3 Å². The van der Waals surface area contributed by atoms with Crippen molar-refractivity contribution in [3.63, 3.8) is 0 Å². The Bertz CT molecular complexity index is 2310. The van der Waals surface area contributed by atoms with Crippen LogP contribution in [0.4, 0.5) is 0 Å². The molecule has 8 aromatic carbocycles. The van der Waals surface area contributed by atoms with Gasteiger partial charge >= 0.3 is 21.2 Å². The number of halogens is 1. The van der Waals surface area contributed by atoms with Gasteiger partial charge in [0.25, 0.3) is 0 Å². The van der Waals surface area contributed by atoms with E-state index in [1.54, 1.807) is 0 Å². The third-order valence-electron chi connectivity index (χ3n) is 9.69. The maximum absolute atomic E-state index is 2.33. The smallest absolute Gasteiger partial charge is 0.0901 e. The largest absolute Gasteiger partial charge is 0.357 e. The highest BCUT2D eigenvalue weighted by Crippen LogP contribution is 2.38. The van der Waals surface area contributed by atoms with Crippen LogP contribution in [0.1, 0.15) is 22.3 Å². The fourth-order valence-electron chi connectivity index (χ4n) is 6.70. The van der Waals surface area contributed by atoms with Crippen LogP contribution in [0.5, 0.6) is 0 Å². The zero-order valence-corrected chi connectivity index (χ0v) is 37.9. The van der Waals surface area contributed by atoms with E-state index < -0.39 is 0 Å². The normalized spacial score (nSPS) is 11.3. The fraction of sp³-hybridized carbons (Fsp3) is 0.0769. The zero-order chi connectivity index (χ0) is 39.1. The Labute approximate surface area is 363 Å². The van der Waals surface area contributed by atoms with Crippen LogP contribution >= 0.6 is 23.5 Å². The van der Waals surface area contributed by atoms with Gasteiger partial charge in [-0.2, -0.15) is 0 Å². The lowest BCUT2D eigenvalue weighted by molar-refractivity contribution is -0.597. The highest BCUT2D eigenvalue weighted by Gasteiger charge is 2.33. The molecule has 5 heteroatoms. The summed E-state index contributed by atoms with van der Waals surface area (Å²) < 4.78 is 2.87. The Balaban J connectivity index is 0.901. The fourth-order valence-corrected chi connectivity index (χ4v) is 15.2. The van der Waals surface area contributed by atoms with E-state index >= 15 is 0 Å². The standard InChI is InChI=1S/C52H44IS4/c1-37-13-5-9-17-49(37)56(50-18-10-6-14-38(50)2)47-33-29-45(30-34-47)54-43-25-21-41(22-26-43)53-42-23-27-44(28-24-42)55-46-31-35-48(36-32-46)57(51-19-11-7-15-39(51)3)52-20-12-8-16-40(52)4/h5-36H,1-4H3/q+3. The topological polar surface area (TPSA) is 0 Å². The summed E-state index contributed by atoms with van der Waals surface area (Å²) in [5.74, 6) is 0. The van der Waals surface area contributed by atoms with Crippen LogP contribution in [0.3, 0.4) is 0 Å². The molecule has 0 heterocycles. The van der Waals surface area contributed by atoms with Gasteiger partial charge in [-0.25, -0.2) is 0 Å². The third kappa shape index (κ3) is 9.62. The van der Waals surface area contributed by atoms with Crippen molar-refractivity contribution in [1.29, 1.82) is 0 Å². The monoisotopic (exact) mass is 923 g/mol. The van der Waals surface area contributed by atoms with Crippen molar-refractivity contribution in [3.8, 4) is 0 Å². The molecule has 0 aliphatic heterocycles. The van der Waals surface area contributed by atoms with Gasteiger partial charge in [0, 0.05) is 41.8 Å². The van der Waals surface area contributed by atoms with Crippen LogP contribution in [-0.2, 0) is 21.8 Å². The molecule has 0 saturated carbocycles. The highest BCUT2D eigenvalue weighted by molar-refractivity contribution is 7.99. The van der Waals surface area contributed by atoms with E-state index in [4.69, 9.17) is 0 Å². The Hall–Kier alpha value is -4.11. The molecule has 0 amide bonds. The van der Waals surface area contributed by atoms with Crippen molar-refractivity contribution in [2.24, 2.45) is 0 Å². The molecule has 0 atom stereocenters. The lowest BCUT2D eigenvalue weighted by Crippen LogP contribution is -3.61. The quantitative estimate of drug-likeness (QED) is 0.0885. The minimum atomic E-state index is -0.260. The van der Waals surface area contributed by atoms with Crippen LogP contribution in [0, 0.1) is 34.8 Å². The first-order valence-electron chi connectivity index (χ1n) is 19.0. The van der Waals surface area contributed by atoms with Crippen LogP contribution in [-0.4, -0.2) is 0 Å². The molecular weight excluding hydrogens is 880 g/mol. The summed E-state index contributed by atoms with van der Waals surface area (Å²) in [7, 11) is -0.301. The molecule has 0 unspecified atom stereocenters. The predicted molar refractivity (Wildman–Crippen MR) is 240 cm³/mol. The van der Waals surface area contributed by atoms with Gasteiger partial charge in [0.15, 0.2) is 36.5 Å². The van der Waals surface area contributed by atoms with Gasteiger partial charge < -0.3 is 0 Å². The average molecular weight is 924 g/mol. The van der Waals surface area contributed by atoms with Gasteiger partial charge in [0.05, 0.1) is 21.8 Å². The molecule has 8 rings (SSSR count). The first-order valence-corrected chi connectivity index (χ1v) is 25.3. The van der Waals surface area contributed by atoms with Gasteiger partial charge in [-0.15, -0.1) is 0 Å². The molecule has 0 aliphatic rings. The van der Waals surface area contributed by atoms with Crippen molar-refractivity contribution in [3.05, 3.63) is 224 Å². The van der Waals surface area contributed by atoms with E-state index in [-0.39, 0.29) is 43.0 Å². The van der Waals surface area contributed by atoms with Crippen molar-refractivity contribution < 1.29 is 21.2 Å². The molecular formula is C52H44IS4+3. The lowest BCUT2D eigenvalue weighted by atomic mass is 10.2. The van der Waals surface area contributed by atoms with Crippen molar-refractivity contribution in [2.45, 2.75) is 76.6 Å². The van der Waals surface area contributed by atoms with Crippen LogP contribution in [0.2, 0.25) is 0 Å². The molecule has 57 heavy (non-hydrogen) atoms. The van der Waals surface area contributed by atoms with Gasteiger partial charge in [-0.3, -0.25) is 0 Å². The summed E-state index contributed by atoms with van der Waals surface area (Å²) in [6.45, 7) is 8.92. The average Bonchev–Trinajstić information content (AvgIpc) is 3.23. The highest BCUT2D eigenvalue weighted by atomic mass is 127. The number of rotatable bonds is 12. The van der Waals surface area contributed by atoms with Crippen molar-refractivity contribution >= 4 is 45.3 Å². The number of aryl methyl sites for hydroxylation is 4. The molecule has 0 aromatic heterocycles. The minimum absolute atomic E-state index is 0.151. The molecule has 0 N–H and O–H groups in total. The molecule has 0 spiro atoms. The van der Waals surface area contributed by atoms with E-state index in [1.165, 1.54) is 78.3 Å². The zero-order valence-electron chi connectivity index (χ0n) is 32.5. The Morgan fingerprint density at radius 3 is 0.807 bits per heavy atom. The first-order chi connectivity index (χ1) is 27.9. The molecule has 8 aromatic rings. The Morgan fingerprint density at radius 1 is 0.298 bits per heavy atom. The minimum Gasteiger partial charge on any atom is -0.0901 e. The van der Waals surface area contributed by atoms with E-state index in [9.17, 15) is 0 Å². The third-order valence-corrected chi connectivity index (χ3v) is 19.5. The second-order valence-corrected chi connectivity index (χ2v) is 23.1. The Morgan fingerprint density at radius 2 is 0.544 bits per heavy atom. The van der Waals surface area contributed by atoms with E-state index in [0.717, 1.165) is 0 Å². The van der Waals surface area contributed by atoms with E-state index in [0.29, 0.717) is 0 Å². The van der Waals surface area contributed by atoms with Gasteiger partial charge in [-0.05, 0) is 149 Å². The molecule has 0 radical (unpaired) electrons. The summed E-state index contributed by atoms with van der Waals surface area (Å²) in [4.78, 5) is 13.4. The number of hydrogen-bond acceptors (Lipinski definition) is 2. The van der Waals surface area contributed by atoms with Crippen molar-refractivity contribution in [1.82, 2.24) is 0 Å². The summed E-state index contributed by atoms with van der Waals surface area (Å²) >= 11 is 3.42. The summed E-state index contributed by atoms with van der Waals surface area (Å²) in [5.41, 5.74) is 5.35. The molecule has 280 valence electrons. The molecule has 0 nitrogen and oxygen atoms in total. The number of hydrogen-bond donors (Lipinski definition) is 0. The van der Waals surface area contributed by atoms with Crippen LogP contribution in [0.15, 0.2) is 243 Å². The van der Waals surface area contributed by atoms with Crippen molar-refractivity contribution in [2.75, 3.05) is 0 Å². The predicted octanol–water partition coefficient (Wildman–Crippen LogP) is 11.5. The molecule has 0 aliphatic carbocycles. The van der Waals surface area contributed by atoms with Crippen LogP contribution < -0.4 is 21.2 Å². The lowest BCUT2D eigenvalue weighted by Gasteiger charge is -2.12. The summed E-state index contributed by atoms with van der Waals surface area (Å²) in [5, 5.41) is 0. The maximum atomic E-state index is 2.33. The summed E-state index contributed by atoms with van der Waals surface area (Å²) in [6, 6.07) is 72.2.